The average Bonchev–Trinajstić information content (AvgIpc) is 2.59. The zero-order chi connectivity index (χ0) is 16.9. The number of rotatable bonds is 4. The van der Waals surface area contributed by atoms with Crippen molar-refractivity contribution in [3.05, 3.63) is 27.5 Å². The van der Waals surface area contributed by atoms with E-state index in [1.165, 1.54) is 38.6 Å². The summed E-state index contributed by atoms with van der Waals surface area (Å²) in [5, 5.41) is 3.37. The Hall–Kier alpha value is -0.650. The van der Waals surface area contributed by atoms with E-state index in [1.807, 2.05) is 0 Å². The van der Waals surface area contributed by atoms with Crippen molar-refractivity contribution in [1.29, 1.82) is 0 Å². The molecule has 1 aliphatic carbocycles. The second kappa shape index (κ2) is 8.63. The Morgan fingerprint density at radius 3 is 2.67 bits per heavy atom. The Balaban J connectivity index is 1.46. The van der Waals surface area contributed by atoms with Crippen molar-refractivity contribution in [2.75, 3.05) is 19.6 Å². The number of nitrogens with zero attached hydrogens (tertiary/aromatic N) is 2. The number of carbonyl (C=O) groups is 1. The summed E-state index contributed by atoms with van der Waals surface area (Å²) in [4.78, 5) is 19.0. The normalized spacial score (nSPS) is 20.9. The van der Waals surface area contributed by atoms with Crippen LogP contribution in [-0.2, 0) is 0 Å². The van der Waals surface area contributed by atoms with Gasteiger partial charge in [-0.3, -0.25) is 4.79 Å². The molecule has 4 nitrogen and oxygen atoms in total. The van der Waals surface area contributed by atoms with Crippen LogP contribution in [0.1, 0.15) is 55.3 Å². The second-order valence-electron chi connectivity index (χ2n) is 7.04. The number of carbonyl (C=O) groups excluding carboxylic acids is 1. The highest BCUT2D eigenvalue weighted by Crippen LogP contribution is 2.25. The molecule has 1 saturated carbocycles. The van der Waals surface area contributed by atoms with Crippen molar-refractivity contribution in [3.8, 4) is 0 Å². The third-order valence-corrected chi connectivity index (χ3v) is 5.95. The molecule has 1 aromatic rings. The third-order valence-electron chi connectivity index (χ3n) is 5.21. The minimum absolute atomic E-state index is 0.125. The van der Waals surface area contributed by atoms with Gasteiger partial charge >= 0.3 is 0 Å². The Labute approximate surface area is 157 Å². The van der Waals surface area contributed by atoms with Gasteiger partial charge in [-0.15, -0.1) is 0 Å². The SMILES string of the molecule is O=C(NC1CCN(CC2CCCCC2)CC1)c1cc(Br)cnc1Cl. The standard InChI is InChI=1S/C18H25BrClN3O/c19-14-10-16(17(20)21-11-14)18(24)22-15-6-8-23(9-7-15)12-13-4-2-1-3-5-13/h10-11,13,15H,1-9,12H2,(H,22,24). The van der Waals surface area contributed by atoms with E-state index in [0.29, 0.717) is 5.56 Å². The van der Waals surface area contributed by atoms with Gasteiger partial charge in [-0.25, -0.2) is 4.98 Å². The molecule has 1 aromatic heterocycles. The summed E-state index contributed by atoms with van der Waals surface area (Å²) in [5.41, 5.74) is 0.440. The molecule has 6 heteroatoms. The Kier molecular flexibility index (Phi) is 6.53. The van der Waals surface area contributed by atoms with Crippen molar-refractivity contribution in [3.63, 3.8) is 0 Å². The van der Waals surface area contributed by atoms with Crippen LogP contribution in [0.2, 0.25) is 5.15 Å². The third kappa shape index (κ3) is 4.93. The smallest absolute Gasteiger partial charge is 0.254 e. The van der Waals surface area contributed by atoms with E-state index in [1.54, 1.807) is 12.3 Å². The molecule has 1 amide bonds. The van der Waals surface area contributed by atoms with E-state index in [2.05, 4.69) is 31.1 Å². The van der Waals surface area contributed by atoms with Crippen LogP contribution in [0.15, 0.2) is 16.7 Å². The lowest BCUT2D eigenvalue weighted by Gasteiger charge is -2.35. The number of halogens is 2. The minimum atomic E-state index is -0.125. The van der Waals surface area contributed by atoms with Crippen LogP contribution in [0.25, 0.3) is 0 Å². The summed E-state index contributed by atoms with van der Waals surface area (Å²) >= 11 is 9.38. The quantitative estimate of drug-likeness (QED) is 0.748. The molecule has 1 saturated heterocycles. The molecule has 3 rings (SSSR count). The summed E-state index contributed by atoms with van der Waals surface area (Å²) < 4.78 is 0.763. The van der Waals surface area contributed by atoms with E-state index in [-0.39, 0.29) is 17.1 Å². The van der Waals surface area contributed by atoms with Crippen LogP contribution in [0, 0.1) is 5.92 Å². The van der Waals surface area contributed by atoms with Gasteiger partial charge in [0, 0.05) is 36.3 Å². The van der Waals surface area contributed by atoms with E-state index in [9.17, 15) is 4.79 Å². The highest BCUT2D eigenvalue weighted by atomic mass is 79.9. The van der Waals surface area contributed by atoms with E-state index < -0.39 is 0 Å². The summed E-state index contributed by atoms with van der Waals surface area (Å²) in [6, 6.07) is 1.96. The first-order chi connectivity index (χ1) is 11.6. The largest absolute Gasteiger partial charge is 0.349 e. The van der Waals surface area contributed by atoms with Gasteiger partial charge in [0.2, 0.25) is 0 Å². The molecule has 24 heavy (non-hydrogen) atoms. The lowest BCUT2D eigenvalue weighted by molar-refractivity contribution is 0.0901. The fourth-order valence-corrected chi connectivity index (χ4v) is 4.36. The van der Waals surface area contributed by atoms with Crippen LogP contribution >= 0.6 is 27.5 Å². The van der Waals surface area contributed by atoms with Gasteiger partial charge in [0.05, 0.1) is 5.56 Å². The van der Waals surface area contributed by atoms with Gasteiger partial charge in [0.1, 0.15) is 5.15 Å². The van der Waals surface area contributed by atoms with Crippen molar-refractivity contribution in [2.24, 2.45) is 5.92 Å². The van der Waals surface area contributed by atoms with E-state index in [4.69, 9.17) is 11.6 Å². The van der Waals surface area contributed by atoms with Crippen LogP contribution in [0.5, 0.6) is 0 Å². The van der Waals surface area contributed by atoms with Crippen LogP contribution in [-0.4, -0.2) is 41.5 Å². The number of pyridine rings is 1. The van der Waals surface area contributed by atoms with Gasteiger partial charge in [-0.1, -0.05) is 30.9 Å². The topological polar surface area (TPSA) is 45.2 Å². The zero-order valence-corrected chi connectivity index (χ0v) is 16.3. The molecule has 2 fully saturated rings. The summed E-state index contributed by atoms with van der Waals surface area (Å²) in [6.07, 6.45) is 10.6. The monoisotopic (exact) mass is 413 g/mol. The van der Waals surface area contributed by atoms with Crippen LogP contribution in [0.4, 0.5) is 0 Å². The lowest BCUT2D eigenvalue weighted by atomic mass is 9.88. The highest BCUT2D eigenvalue weighted by molar-refractivity contribution is 9.10. The number of piperidine rings is 1. The maximum absolute atomic E-state index is 12.4. The highest BCUT2D eigenvalue weighted by Gasteiger charge is 2.24. The molecule has 132 valence electrons. The molecule has 2 heterocycles. The molecule has 0 aromatic carbocycles. The van der Waals surface area contributed by atoms with Crippen molar-refractivity contribution in [1.82, 2.24) is 15.2 Å². The molecule has 0 radical (unpaired) electrons. The average molecular weight is 415 g/mol. The maximum Gasteiger partial charge on any atom is 0.254 e. The van der Waals surface area contributed by atoms with Crippen molar-refractivity contribution < 1.29 is 4.79 Å². The maximum atomic E-state index is 12.4. The number of likely N-dealkylation sites (tertiary alicyclic amines) is 1. The molecule has 1 aliphatic heterocycles. The molecule has 0 unspecified atom stereocenters. The molecule has 1 N–H and O–H groups in total. The first kappa shape index (κ1) is 18.2. The van der Waals surface area contributed by atoms with Gasteiger partial charge in [0.15, 0.2) is 0 Å². The number of nitrogens with one attached hydrogen (secondary N) is 1. The van der Waals surface area contributed by atoms with Crippen LogP contribution in [0.3, 0.4) is 0 Å². The summed E-state index contributed by atoms with van der Waals surface area (Å²) in [6.45, 7) is 3.39. The molecule has 0 atom stereocenters. The number of hydrogen-bond donors (Lipinski definition) is 1. The van der Waals surface area contributed by atoms with Gasteiger partial charge in [0.25, 0.3) is 5.91 Å². The predicted molar refractivity (Wildman–Crippen MR) is 100 cm³/mol. The fraction of sp³-hybridized carbons (Fsp3) is 0.667. The molecule has 0 bridgehead atoms. The number of aromatic nitrogens is 1. The first-order valence-corrected chi connectivity index (χ1v) is 10.1. The summed E-state index contributed by atoms with van der Waals surface area (Å²) in [5.74, 6) is 0.760. The Bertz CT molecular complexity index is 569. The molecular weight excluding hydrogens is 390 g/mol. The van der Waals surface area contributed by atoms with E-state index >= 15 is 0 Å². The predicted octanol–water partition coefficient (Wildman–Crippen LogP) is 4.27. The van der Waals surface area contributed by atoms with Crippen molar-refractivity contribution in [2.45, 2.75) is 51.0 Å². The lowest BCUT2D eigenvalue weighted by Crippen LogP contribution is -2.46. The van der Waals surface area contributed by atoms with Crippen molar-refractivity contribution >= 4 is 33.4 Å². The second-order valence-corrected chi connectivity index (χ2v) is 8.32. The summed E-state index contributed by atoms with van der Waals surface area (Å²) in [7, 11) is 0. The minimum Gasteiger partial charge on any atom is -0.349 e. The number of amides is 1. The van der Waals surface area contributed by atoms with Gasteiger partial charge in [-0.05, 0) is 53.6 Å². The molecule has 0 spiro atoms. The molecule has 2 aliphatic rings. The number of hydrogen-bond acceptors (Lipinski definition) is 3. The Morgan fingerprint density at radius 1 is 1.25 bits per heavy atom. The fourth-order valence-electron chi connectivity index (χ4n) is 3.84. The first-order valence-electron chi connectivity index (χ1n) is 8.96. The van der Waals surface area contributed by atoms with Crippen LogP contribution < -0.4 is 5.32 Å². The van der Waals surface area contributed by atoms with Gasteiger partial charge in [-0.2, -0.15) is 0 Å². The molecular formula is C18H25BrClN3O. The zero-order valence-electron chi connectivity index (χ0n) is 13.9. The van der Waals surface area contributed by atoms with E-state index in [0.717, 1.165) is 36.3 Å². The Morgan fingerprint density at radius 2 is 1.96 bits per heavy atom. The van der Waals surface area contributed by atoms with Gasteiger partial charge < -0.3 is 10.2 Å².